The lowest BCUT2D eigenvalue weighted by molar-refractivity contribution is 0.133. The Balaban J connectivity index is 2.08. The van der Waals surface area contributed by atoms with Crippen molar-refractivity contribution < 1.29 is 0 Å². The summed E-state index contributed by atoms with van der Waals surface area (Å²) < 4.78 is 0. The van der Waals surface area contributed by atoms with Gasteiger partial charge in [-0.25, -0.2) is 0 Å². The molecule has 1 aliphatic rings. The highest BCUT2D eigenvalue weighted by Gasteiger charge is 2.25. The molecule has 0 spiro atoms. The second-order valence-electron chi connectivity index (χ2n) is 5.37. The van der Waals surface area contributed by atoms with Crippen molar-refractivity contribution in [3.63, 3.8) is 0 Å². The van der Waals surface area contributed by atoms with Gasteiger partial charge < -0.3 is 5.73 Å². The molecule has 1 aliphatic heterocycles. The summed E-state index contributed by atoms with van der Waals surface area (Å²) in [5.74, 6) is 0.912. The predicted octanol–water partition coefficient (Wildman–Crippen LogP) is 2.51. The van der Waals surface area contributed by atoms with Crippen LogP contribution in [0.1, 0.15) is 43.4 Å². The van der Waals surface area contributed by atoms with Gasteiger partial charge in [0, 0.05) is 25.0 Å². The number of hydrogen-bond donors (Lipinski definition) is 1. The molecule has 1 unspecified atom stereocenters. The second kappa shape index (κ2) is 6.30. The van der Waals surface area contributed by atoms with E-state index in [9.17, 15) is 0 Å². The molecule has 0 aliphatic carbocycles. The number of nitrogens with zero attached hydrogens (tertiary/aromatic N) is 2. The van der Waals surface area contributed by atoms with Gasteiger partial charge in [-0.3, -0.25) is 9.88 Å². The first-order valence-corrected chi connectivity index (χ1v) is 7.10. The van der Waals surface area contributed by atoms with E-state index in [4.69, 9.17) is 5.73 Å². The van der Waals surface area contributed by atoms with Crippen LogP contribution in [0.5, 0.6) is 0 Å². The van der Waals surface area contributed by atoms with Crippen molar-refractivity contribution in [2.75, 3.05) is 19.6 Å². The van der Waals surface area contributed by atoms with E-state index >= 15 is 0 Å². The number of hydrogen-bond acceptors (Lipinski definition) is 3. The number of aromatic nitrogens is 1. The minimum absolute atomic E-state index is 0.344. The number of nitrogens with two attached hydrogens (primary N) is 1. The first-order chi connectivity index (χ1) is 8.76. The normalized spacial score (nSPS) is 19.9. The molecular weight excluding hydrogens is 222 g/mol. The van der Waals surface area contributed by atoms with E-state index in [1.165, 1.54) is 43.5 Å². The standard InChI is InChI=1S/C15H25N3/c1-3-13-5-8-18(9-6-13)15(10-16)14-11-17-7-4-12(14)2/h4,7,11,13,15H,3,5-6,8-10,16H2,1-2H3. The van der Waals surface area contributed by atoms with Crippen LogP contribution >= 0.6 is 0 Å². The van der Waals surface area contributed by atoms with Gasteiger partial charge in [0.05, 0.1) is 0 Å². The molecule has 0 bridgehead atoms. The molecule has 3 nitrogen and oxygen atoms in total. The van der Waals surface area contributed by atoms with Gasteiger partial charge in [-0.05, 0) is 56.0 Å². The van der Waals surface area contributed by atoms with Gasteiger partial charge >= 0.3 is 0 Å². The van der Waals surface area contributed by atoms with Gasteiger partial charge in [0.25, 0.3) is 0 Å². The van der Waals surface area contributed by atoms with Gasteiger partial charge in [-0.15, -0.1) is 0 Å². The van der Waals surface area contributed by atoms with E-state index < -0.39 is 0 Å². The van der Waals surface area contributed by atoms with Crippen molar-refractivity contribution in [3.8, 4) is 0 Å². The molecule has 1 aromatic rings. The molecule has 0 amide bonds. The summed E-state index contributed by atoms with van der Waals surface area (Å²) in [6.45, 7) is 7.48. The number of piperidine rings is 1. The van der Waals surface area contributed by atoms with E-state index in [1.54, 1.807) is 0 Å². The van der Waals surface area contributed by atoms with Crippen LogP contribution in [-0.2, 0) is 0 Å². The fourth-order valence-corrected chi connectivity index (χ4v) is 2.97. The maximum atomic E-state index is 6.00. The number of likely N-dealkylation sites (tertiary alicyclic amines) is 1. The summed E-state index contributed by atoms with van der Waals surface area (Å²) in [7, 11) is 0. The van der Waals surface area contributed by atoms with E-state index in [1.807, 2.05) is 12.4 Å². The fourth-order valence-electron chi connectivity index (χ4n) is 2.97. The molecule has 0 radical (unpaired) electrons. The molecule has 1 saturated heterocycles. The maximum Gasteiger partial charge on any atom is 0.0488 e. The molecule has 1 atom stereocenters. The topological polar surface area (TPSA) is 42.1 Å². The molecule has 2 N–H and O–H groups in total. The average molecular weight is 247 g/mol. The van der Waals surface area contributed by atoms with E-state index in [2.05, 4.69) is 29.8 Å². The Kier molecular flexibility index (Phi) is 4.72. The number of pyridine rings is 1. The smallest absolute Gasteiger partial charge is 0.0488 e. The molecule has 2 rings (SSSR count). The Morgan fingerprint density at radius 1 is 1.44 bits per heavy atom. The Morgan fingerprint density at radius 2 is 2.17 bits per heavy atom. The molecule has 0 aromatic carbocycles. The van der Waals surface area contributed by atoms with E-state index in [0.717, 1.165) is 5.92 Å². The summed E-state index contributed by atoms with van der Waals surface area (Å²) in [4.78, 5) is 6.80. The molecule has 100 valence electrons. The van der Waals surface area contributed by atoms with Crippen LogP contribution in [0.15, 0.2) is 18.5 Å². The van der Waals surface area contributed by atoms with Crippen LogP contribution in [0.2, 0.25) is 0 Å². The first-order valence-electron chi connectivity index (χ1n) is 7.10. The minimum Gasteiger partial charge on any atom is -0.329 e. The van der Waals surface area contributed by atoms with Crippen LogP contribution in [0.4, 0.5) is 0 Å². The summed E-state index contributed by atoms with van der Waals surface area (Å²) >= 11 is 0. The van der Waals surface area contributed by atoms with Gasteiger partial charge in [0.2, 0.25) is 0 Å². The lowest BCUT2D eigenvalue weighted by atomic mass is 9.92. The van der Waals surface area contributed by atoms with Crippen LogP contribution in [-0.4, -0.2) is 29.5 Å². The monoisotopic (exact) mass is 247 g/mol. The Hall–Kier alpha value is -0.930. The van der Waals surface area contributed by atoms with Crippen LogP contribution in [0.3, 0.4) is 0 Å². The highest BCUT2D eigenvalue weighted by atomic mass is 15.2. The molecule has 2 heterocycles. The summed E-state index contributed by atoms with van der Waals surface area (Å²) in [6, 6.07) is 2.42. The number of rotatable bonds is 4. The third-order valence-electron chi connectivity index (χ3n) is 4.33. The highest BCUT2D eigenvalue weighted by molar-refractivity contribution is 5.25. The quantitative estimate of drug-likeness (QED) is 0.889. The fraction of sp³-hybridized carbons (Fsp3) is 0.667. The summed E-state index contributed by atoms with van der Waals surface area (Å²) in [5, 5.41) is 0. The van der Waals surface area contributed by atoms with Crippen molar-refractivity contribution in [1.29, 1.82) is 0 Å². The Bertz CT molecular complexity index is 370. The largest absolute Gasteiger partial charge is 0.329 e. The summed E-state index contributed by atoms with van der Waals surface area (Å²) in [6.07, 6.45) is 7.78. The van der Waals surface area contributed by atoms with Crippen LogP contribution in [0.25, 0.3) is 0 Å². The SMILES string of the molecule is CCC1CCN(C(CN)c2cnccc2C)CC1. The molecular formula is C15H25N3. The second-order valence-corrected chi connectivity index (χ2v) is 5.37. The maximum absolute atomic E-state index is 6.00. The zero-order chi connectivity index (χ0) is 13.0. The van der Waals surface area contributed by atoms with Gasteiger partial charge in [-0.1, -0.05) is 13.3 Å². The van der Waals surface area contributed by atoms with Crippen LogP contribution < -0.4 is 5.73 Å². The predicted molar refractivity (Wildman–Crippen MR) is 75.4 cm³/mol. The van der Waals surface area contributed by atoms with Crippen molar-refractivity contribution in [2.24, 2.45) is 11.7 Å². The van der Waals surface area contributed by atoms with Gasteiger partial charge in [0.1, 0.15) is 0 Å². The third kappa shape index (κ3) is 2.90. The van der Waals surface area contributed by atoms with Crippen molar-refractivity contribution in [2.45, 2.75) is 39.2 Å². The lowest BCUT2D eigenvalue weighted by Gasteiger charge is -2.37. The van der Waals surface area contributed by atoms with Crippen molar-refractivity contribution >= 4 is 0 Å². The van der Waals surface area contributed by atoms with E-state index in [-0.39, 0.29) is 0 Å². The third-order valence-corrected chi connectivity index (χ3v) is 4.33. The van der Waals surface area contributed by atoms with Crippen LogP contribution in [0, 0.1) is 12.8 Å². The van der Waals surface area contributed by atoms with E-state index in [0.29, 0.717) is 12.6 Å². The zero-order valence-corrected chi connectivity index (χ0v) is 11.6. The average Bonchev–Trinajstić information content (AvgIpc) is 2.42. The minimum atomic E-state index is 0.344. The molecule has 3 heteroatoms. The van der Waals surface area contributed by atoms with Crippen molar-refractivity contribution in [3.05, 3.63) is 29.6 Å². The number of aryl methyl sites for hydroxylation is 1. The first kappa shape index (κ1) is 13.5. The van der Waals surface area contributed by atoms with Gasteiger partial charge in [-0.2, -0.15) is 0 Å². The summed E-state index contributed by atoms with van der Waals surface area (Å²) in [5.41, 5.74) is 8.61. The zero-order valence-electron chi connectivity index (χ0n) is 11.6. The molecule has 18 heavy (non-hydrogen) atoms. The molecule has 1 aromatic heterocycles. The van der Waals surface area contributed by atoms with Gasteiger partial charge in [0.15, 0.2) is 0 Å². The Morgan fingerprint density at radius 3 is 2.72 bits per heavy atom. The lowest BCUT2D eigenvalue weighted by Crippen LogP contribution is -2.40. The Labute approximate surface area is 110 Å². The molecule has 1 fully saturated rings. The highest BCUT2D eigenvalue weighted by Crippen LogP contribution is 2.28. The molecule has 0 saturated carbocycles. The van der Waals surface area contributed by atoms with Crippen molar-refractivity contribution in [1.82, 2.24) is 9.88 Å².